The zero-order valence-corrected chi connectivity index (χ0v) is 17.3. The minimum absolute atomic E-state index is 0.478. The molecule has 0 fully saturated rings. The summed E-state index contributed by atoms with van der Waals surface area (Å²) in [5.41, 5.74) is 2.95. The lowest BCUT2D eigenvalue weighted by atomic mass is 10.00. The van der Waals surface area contributed by atoms with Crippen LogP contribution < -0.4 is 4.74 Å². The molecule has 5 aromatic carbocycles. The Balaban J connectivity index is 1.83. The topological polar surface area (TPSA) is 31.2 Å². The molecule has 0 unspecified atom stereocenters. The number of esters is 1. The van der Waals surface area contributed by atoms with Crippen molar-refractivity contribution in [1.82, 2.24) is 4.57 Å². The Morgan fingerprint density at radius 3 is 1.81 bits per heavy atom. The van der Waals surface area contributed by atoms with Crippen LogP contribution in [0.5, 0.6) is 5.75 Å². The summed E-state index contributed by atoms with van der Waals surface area (Å²) >= 11 is 0. The number of ether oxygens (including phenoxy) is 1. The van der Waals surface area contributed by atoms with Crippen LogP contribution in [0.3, 0.4) is 0 Å². The first-order valence-corrected chi connectivity index (χ1v) is 10.5. The number of benzene rings is 5. The van der Waals surface area contributed by atoms with Gasteiger partial charge in [-0.2, -0.15) is 0 Å². The van der Waals surface area contributed by atoms with Crippen molar-refractivity contribution in [2.45, 2.75) is 0 Å². The van der Waals surface area contributed by atoms with Crippen molar-refractivity contribution < 1.29 is 9.53 Å². The van der Waals surface area contributed by atoms with Gasteiger partial charge in [-0.1, -0.05) is 79.4 Å². The highest BCUT2D eigenvalue weighted by molar-refractivity contribution is 6.28. The van der Waals surface area contributed by atoms with Gasteiger partial charge < -0.3 is 9.30 Å². The number of hydrogen-bond donors (Lipinski definition) is 0. The van der Waals surface area contributed by atoms with Crippen molar-refractivity contribution in [3.05, 3.63) is 110 Å². The minimum Gasteiger partial charge on any atom is -0.421 e. The van der Waals surface area contributed by atoms with Crippen LogP contribution in [0.2, 0.25) is 0 Å². The molecule has 0 aliphatic carbocycles. The van der Waals surface area contributed by atoms with Crippen molar-refractivity contribution in [1.29, 1.82) is 0 Å². The molecule has 0 bridgehead atoms. The molecule has 0 saturated heterocycles. The van der Waals surface area contributed by atoms with Crippen LogP contribution in [-0.4, -0.2) is 10.5 Å². The Bertz CT molecular complexity index is 1600. The van der Waals surface area contributed by atoms with E-state index in [1.54, 1.807) is 0 Å². The molecule has 0 saturated carbocycles. The predicted molar refractivity (Wildman–Crippen MR) is 132 cm³/mol. The fourth-order valence-electron chi connectivity index (χ4n) is 4.69. The van der Waals surface area contributed by atoms with E-state index in [0.29, 0.717) is 5.75 Å². The van der Waals surface area contributed by atoms with Crippen LogP contribution >= 0.6 is 0 Å². The Labute approximate surface area is 184 Å². The second kappa shape index (κ2) is 7.10. The molecule has 6 rings (SSSR count). The zero-order valence-electron chi connectivity index (χ0n) is 17.3. The van der Waals surface area contributed by atoms with Gasteiger partial charge in [0.15, 0.2) is 5.75 Å². The molecule has 1 aromatic heterocycles. The van der Waals surface area contributed by atoms with E-state index < -0.39 is 5.97 Å². The molecule has 0 amide bonds. The van der Waals surface area contributed by atoms with Gasteiger partial charge in [0.1, 0.15) is 0 Å². The van der Waals surface area contributed by atoms with Gasteiger partial charge in [0, 0.05) is 16.8 Å². The van der Waals surface area contributed by atoms with Crippen LogP contribution in [-0.2, 0) is 4.79 Å². The average Bonchev–Trinajstić information content (AvgIpc) is 3.19. The normalized spacial score (nSPS) is 11.4. The second-order valence-electron chi connectivity index (χ2n) is 7.79. The largest absolute Gasteiger partial charge is 0.421 e. The SMILES string of the molecule is C=CC(=O)Oc1ccccc1-n1c2ccc3ccccc3c2c2c3ccccc3ccc21. The highest BCUT2D eigenvalue weighted by Gasteiger charge is 2.19. The van der Waals surface area contributed by atoms with E-state index in [4.69, 9.17) is 4.74 Å². The molecule has 0 atom stereocenters. The number of carbonyl (C=O) groups excluding carboxylic acids is 1. The number of nitrogens with zero attached hydrogens (tertiary/aromatic N) is 1. The van der Waals surface area contributed by atoms with Crippen LogP contribution in [0.15, 0.2) is 110 Å². The third-order valence-electron chi connectivity index (χ3n) is 6.03. The maximum atomic E-state index is 12.0. The molecule has 32 heavy (non-hydrogen) atoms. The summed E-state index contributed by atoms with van der Waals surface area (Å²) in [6.07, 6.45) is 1.18. The zero-order chi connectivity index (χ0) is 21.7. The first kappa shape index (κ1) is 18.4. The lowest BCUT2D eigenvalue weighted by molar-refractivity contribution is -0.128. The summed E-state index contributed by atoms with van der Waals surface area (Å²) in [4.78, 5) is 12.0. The molecule has 152 valence electrons. The Morgan fingerprint density at radius 2 is 1.22 bits per heavy atom. The molecule has 0 radical (unpaired) electrons. The first-order valence-electron chi connectivity index (χ1n) is 10.5. The number of rotatable bonds is 3. The third-order valence-corrected chi connectivity index (χ3v) is 6.03. The van der Waals surface area contributed by atoms with Crippen LogP contribution in [0, 0.1) is 0 Å². The molecular weight excluding hydrogens is 394 g/mol. The summed E-state index contributed by atoms with van der Waals surface area (Å²) < 4.78 is 7.80. The lowest BCUT2D eigenvalue weighted by Crippen LogP contribution is -2.06. The Hall–Kier alpha value is -4.37. The molecule has 3 nitrogen and oxygen atoms in total. The van der Waals surface area contributed by atoms with E-state index in [0.717, 1.165) is 16.7 Å². The van der Waals surface area contributed by atoms with Crippen molar-refractivity contribution in [2.24, 2.45) is 0 Å². The van der Waals surface area contributed by atoms with Crippen molar-refractivity contribution >= 4 is 49.3 Å². The average molecular weight is 413 g/mol. The van der Waals surface area contributed by atoms with Gasteiger partial charge in [-0.25, -0.2) is 4.79 Å². The maximum Gasteiger partial charge on any atom is 0.335 e. The van der Waals surface area contributed by atoms with E-state index in [2.05, 4.69) is 83.9 Å². The fraction of sp³-hybridized carbons (Fsp3) is 0. The summed E-state index contributed by atoms with van der Waals surface area (Å²) in [6, 6.07) is 33.1. The monoisotopic (exact) mass is 413 g/mol. The van der Waals surface area contributed by atoms with E-state index in [9.17, 15) is 4.79 Å². The number of hydrogen-bond acceptors (Lipinski definition) is 2. The smallest absolute Gasteiger partial charge is 0.335 e. The number of fused-ring (bicyclic) bond motifs is 7. The summed E-state index contributed by atoms with van der Waals surface area (Å²) in [5, 5.41) is 7.17. The Morgan fingerprint density at radius 1 is 0.688 bits per heavy atom. The quantitative estimate of drug-likeness (QED) is 0.175. The van der Waals surface area contributed by atoms with E-state index in [-0.39, 0.29) is 0 Å². The summed E-state index contributed by atoms with van der Waals surface area (Å²) in [5.74, 6) is 0.0200. The van der Waals surface area contributed by atoms with Crippen LogP contribution in [0.1, 0.15) is 0 Å². The van der Waals surface area contributed by atoms with Crippen molar-refractivity contribution in [3.63, 3.8) is 0 Å². The lowest BCUT2D eigenvalue weighted by Gasteiger charge is -2.13. The number of carbonyl (C=O) groups is 1. The number of para-hydroxylation sites is 2. The van der Waals surface area contributed by atoms with Gasteiger partial charge in [0.2, 0.25) is 0 Å². The standard InChI is InChI=1S/C29H19NO2/c1-2-27(31)32-26-14-8-7-13-23(26)30-24-17-15-19-9-3-5-11-21(19)28(24)29-22-12-6-4-10-20(22)16-18-25(29)30/h2-18H,1H2. The van der Waals surface area contributed by atoms with Crippen molar-refractivity contribution in [2.75, 3.05) is 0 Å². The van der Waals surface area contributed by atoms with Gasteiger partial charge in [-0.15, -0.1) is 0 Å². The van der Waals surface area contributed by atoms with Gasteiger partial charge in [0.25, 0.3) is 0 Å². The maximum absolute atomic E-state index is 12.0. The highest BCUT2D eigenvalue weighted by Crippen LogP contribution is 2.41. The summed E-state index contributed by atoms with van der Waals surface area (Å²) in [6.45, 7) is 3.54. The molecule has 1 heterocycles. The Kier molecular flexibility index (Phi) is 4.08. The second-order valence-corrected chi connectivity index (χ2v) is 7.79. The molecule has 3 heteroatoms. The van der Waals surface area contributed by atoms with Crippen LogP contribution in [0.25, 0.3) is 49.0 Å². The molecular formula is C29H19NO2. The highest BCUT2D eigenvalue weighted by atomic mass is 16.5. The number of aromatic nitrogens is 1. The van der Waals surface area contributed by atoms with Gasteiger partial charge in [0.05, 0.1) is 16.7 Å². The van der Waals surface area contributed by atoms with Gasteiger partial charge in [-0.3, -0.25) is 0 Å². The molecule has 0 N–H and O–H groups in total. The van der Waals surface area contributed by atoms with Crippen LogP contribution in [0.4, 0.5) is 0 Å². The van der Waals surface area contributed by atoms with Gasteiger partial charge >= 0.3 is 5.97 Å². The molecule has 0 aliphatic rings. The van der Waals surface area contributed by atoms with E-state index in [1.165, 1.54) is 38.4 Å². The summed E-state index contributed by atoms with van der Waals surface area (Å²) in [7, 11) is 0. The van der Waals surface area contributed by atoms with Crippen molar-refractivity contribution in [3.8, 4) is 11.4 Å². The van der Waals surface area contributed by atoms with Gasteiger partial charge in [-0.05, 0) is 45.8 Å². The fourth-order valence-corrected chi connectivity index (χ4v) is 4.69. The molecule has 0 aliphatic heterocycles. The van der Waals surface area contributed by atoms with E-state index in [1.807, 2.05) is 24.3 Å². The van der Waals surface area contributed by atoms with E-state index >= 15 is 0 Å². The third kappa shape index (κ3) is 2.65. The predicted octanol–water partition coefficient (Wildman–Crippen LogP) is 7.18. The first-order chi connectivity index (χ1) is 15.8. The minimum atomic E-state index is -0.478. The molecule has 0 spiro atoms. The molecule has 6 aromatic rings.